The van der Waals surface area contributed by atoms with Crippen molar-refractivity contribution < 1.29 is 9.18 Å². The molecule has 2 aliphatic rings. The van der Waals surface area contributed by atoms with Crippen LogP contribution in [0, 0.1) is 5.82 Å². The Balaban J connectivity index is 1.52. The highest BCUT2D eigenvalue weighted by Gasteiger charge is 2.26. The Bertz CT molecular complexity index is 862. The van der Waals surface area contributed by atoms with Crippen LogP contribution in [0.15, 0.2) is 42.5 Å². The summed E-state index contributed by atoms with van der Waals surface area (Å²) >= 11 is 0. The maximum atomic E-state index is 13.2. The van der Waals surface area contributed by atoms with E-state index >= 15 is 0 Å². The second-order valence-electron chi connectivity index (χ2n) is 8.13. The van der Waals surface area contributed by atoms with E-state index in [1.54, 1.807) is 0 Å². The van der Waals surface area contributed by atoms with Gasteiger partial charge in [0, 0.05) is 57.6 Å². The van der Waals surface area contributed by atoms with Gasteiger partial charge in [0.15, 0.2) is 0 Å². The standard InChI is InChI=1S/C23H29FN4O/c1-26-11-13-28(14-12-26)22(16-25-23(29)17-3-6-20(24)7-4-17)18-5-8-21-19(15-18)9-10-27(21)2/h3-8,15,22H,9-14,16H2,1-2H3,(H,25,29). The van der Waals surface area contributed by atoms with Gasteiger partial charge in [-0.3, -0.25) is 9.69 Å². The molecule has 4 rings (SSSR count). The molecule has 2 aliphatic heterocycles. The van der Waals surface area contributed by atoms with Crippen molar-refractivity contribution >= 4 is 11.6 Å². The number of carbonyl (C=O) groups excluding carboxylic acids is 1. The summed E-state index contributed by atoms with van der Waals surface area (Å²) in [6.45, 7) is 5.59. The lowest BCUT2D eigenvalue weighted by atomic mass is 10.00. The van der Waals surface area contributed by atoms with E-state index in [9.17, 15) is 9.18 Å². The minimum absolute atomic E-state index is 0.129. The maximum Gasteiger partial charge on any atom is 0.251 e. The van der Waals surface area contributed by atoms with Crippen molar-refractivity contribution in [3.05, 3.63) is 65.0 Å². The number of carbonyl (C=O) groups is 1. The number of nitrogens with zero attached hydrogens (tertiary/aromatic N) is 3. The van der Waals surface area contributed by atoms with E-state index < -0.39 is 0 Å². The first-order valence-corrected chi connectivity index (χ1v) is 10.3. The molecule has 1 unspecified atom stereocenters. The summed E-state index contributed by atoms with van der Waals surface area (Å²) in [7, 11) is 4.28. The minimum atomic E-state index is -0.333. The maximum absolute atomic E-state index is 13.2. The van der Waals surface area contributed by atoms with Crippen molar-refractivity contribution in [1.29, 1.82) is 0 Å². The van der Waals surface area contributed by atoms with Crippen LogP contribution in [0.1, 0.15) is 27.5 Å². The molecule has 2 aromatic rings. The van der Waals surface area contributed by atoms with Crippen molar-refractivity contribution in [2.24, 2.45) is 0 Å². The van der Waals surface area contributed by atoms with Gasteiger partial charge in [-0.05, 0) is 54.9 Å². The number of rotatable bonds is 5. The Morgan fingerprint density at radius 2 is 1.76 bits per heavy atom. The predicted octanol–water partition coefficient (Wildman–Crippen LogP) is 2.54. The zero-order valence-electron chi connectivity index (χ0n) is 17.2. The zero-order chi connectivity index (χ0) is 20.4. The van der Waals surface area contributed by atoms with Gasteiger partial charge in [0.2, 0.25) is 0 Å². The topological polar surface area (TPSA) is 38.8 Å². The van der Waals surface area contributed by atoms with Crippen LogP contribution in [0.2, 0.25) is 0 Å². The largest absolute Gasteiger partial charge is 0.374 e. The molecule has 2 heterocycles. The Morgan fingerprint density at radius 1 is 1.03 bits per heavy atom. The van der Waals surface area contributed by atoms with Gasteiger partial charge in [-0.15, -0.1) is 0 Å². The summed E-state index contributed by atoms with van der Waals surface area (Å²) in [6, 6.07) is 12.6. The normalized spacial score (nSPS) is 18.5. The Morgan fingerprint density at radius 3 is 2.48 bits per heavy atom. The third kappa shape index (κ3) is 4.43. The number of anilines is 1. The highest BCUT2D eigenvalue weighted by molar-refractivity contribution is 5.94. The van der Waals surface area contributed by atoms with Crippen molar-refractivity contribution in [1.82, 2.24) is 15.1 Å². The Labute approximate surface area is 172 Å². The number of benzene rings is 2. The van der Waals surface area contributed by atoms with Crippen LogP contribution in [0.3, 0.4) is 0 Å². The molecular weight excluding hydrogens is 367 g/mol. The highest BCUT2D eigenvalue weighted by Crippen LogP contribution is 2.31. The summed E-state index contributed by atoms with van der Waals surface area (Å²) in [5.41, 5.74) is 4.43. The molecule has 0 spiro atoms. The molecular formula is C23H29FN4O. The molecule has 29 heavy (non-hydrogen) atoms. The molecule has 0 aromatic heterocycles. The Hall–Kier alpha value is -2.44. The molecule has 0 radical (unpaired) electrons. The fourth-order valence-corrected chi connectivity index (χ4v) is 4.28. The molecule has 1 N–H and O–H groups in total. The van der Waals surface area contributed by atoms with Crippen LogP contribution in [-0.4, -0.2) is 69.1 Å². The van der Waals surface area contributed by atoms with Gasteiger partial charge >= 0.3 is 0 Å². The number of likely N-dealkylation sites (N-methyl/N-ethyl adjacent to an activating group) is 2. The second-order valence-corrected chi connectivity index (χ2v) is 8.13. The quantitative estimate of drug-likeness (QED) is 0.843. The number of amides is 1. The van der Waals surface area contributed by atoms with Crippen molar-refractivity contribution in [2.75, 3.05) is 58.3 Å². The summed E-state index contributed by atoms with van der Waals surface area (Å²) in [5, 5.41) is 3.07. The Kier molecular flexibility index (Phi) is 5.83. The molecule has 0 bridgehead atoms. The second kappa shape index (κ2) is 8.51. The van der Waals surface area contributed by atoms with Gasteiger partial charge in [0.25, 0.3) is 5.91 Å². The average molecular weight is 397 g/mol. The molecule has 1 atom stereocenters. The van der Waals surface area contributed by atoms with E-state index in [0.29, 0.717) is 12.1 Å². The highest BCUT2D eigenvalue weighted by atomic mass is 19.1. The SMILES string of the molecule is CN1CCN(C(CNC(=O)c2ccc(F)cc2)c2ccc3c(c2)CCN3C)CC1. The first-order chi connectivity index (χ1) is 14.0. The number of nitrogens with one attached hydrogen (secondary N) is 1. The van der Waals surface area contributed by atoms with E-state index in [1.165, 1.54) is 41.1 Å². The van der Waals surface area contributed by atoms with Gasteiger partial charge in [0.05, 0.1) is 6.04 Å². The molecule has 1 fully saturated rings. The van der Waals surface area contributed by atoms with E-state index in [4.69, 9.17) is 0 Å². The fourth-order valence-electron chi connectivity index (χ4n) is 4.28. The molecule has 5 nitrogen and oxygen atoms in total. The monoisotopic (exact) mass is 396 g/mol. The molecule has 0 saturated carbocycles. The average Bonchev–Trinajstić information content (AvgIpc) is 3.10. The summed E-state index contributed by atoms with van der Waals surface area (Å²) in [6.07, 6.45) is 1.07. The first-order valence-electron chi connectivity index (χ1n) is 10.3. The van der Waals surface area contributed by atoms with Crippen LogP contribution in [0.4, 0.5) is 10.1 Å². The van der Waals surface area contributed by atoms with E-state index in [1.807, 2.05) is 0 Å². The van der Waals surface area contributed by atoms with Gasteiger partial charge in [-0.1, -0.05) is 12.1 Å². The molecule has 1 amide bonds. The third-order valence-corrected chi connectivity index (χ3v) is 6.16. The van der Waals surface area contributed by atoms with Gasteiger partial charge < -0.3 is 15.1 Å². The lowest BCUT2D eigenvalue weighted by Crippen LogP contribution is -2.48. The number of hydrogen-bond acceptors (Lipinski definition) is 4. The van der Waals surface area contributed by atoms with Crippen LogP contribution in [-0.2, 0) is 6.42 Å². The van der Waals surface area contributed by atoms with E-state index in [2.05, 4.69) is 52.3 Å². The van der Waals surface area contributed by atoms with Crippen LogP contribution >= 0.6 is 0 Å². The number of fused-ring (bicyclic) bond motifs is 1. The van der Waals surface area contributed by atoms with Crippen molar-refractivity contribution in [2.45, 2.75) is 12.5 Å². The summed E-state index contributed by atoms with van der Waals surface area (Å²) in [4.78, 5) is 19.7. The first kappa shape index (κ1) is 19.9. The lowest BCUT2D eigenvalue weighted by molar-refractivity contribution is 0.0886. The summed E-state index contributed by atoms with van der Waals surface area (Å²) in [5.74, 6) is -0.495. The van der Waals surface area contributed by atoms with Crippen LogP contribution < -0.4 is 10.2 Å². The number of piperazine rings is 1. The van der Waals surface area contributed by atoms with Crippen molar-refractivity contribution in [3.8, 4) is 0 Å². The van der Waals surface area contributed by atoms with E-state index in [0.717, 1.165) is 39.1 Å². The van der Waals surface area contributed by atoms with Gasteiger partial charge in [0.1, 0.15) is 5.82 Å². The van der Waals surface area contributed by atoms with Gasteiger partial charge in [-0.25, -0.2) is 4.39 Å². The molecule has 0 aliphatic carbocycles. The smallest absolute Gasteiger partial charge is 0.251 e. The van der Waals surface area contributed by atoms with Crippen LogP contribution in [0.25, 0.3) is 0 Å². The van der Waals surface area contributed by atoms with Gasteiger partial charge in [-0.2, -0.15) is 0 Å². The minimum Gasteiger partial charge on any atom is -0.374 e. The third-order valence-electron chi connectivity index (χ3n) is 6.16. The number of hydrogen-bond donors (Lipinski definition) is 1. The summed E-state index contributed by atoms with van der Waals surface area (Å²) < 4.78 is 13.2. The molecule has 1 saturated heterocycles. The lowest BCUT2D eigenvalue weighted by Gasteiger charge is -2.38. The van der Waals surface area contributed by atoms with E-state index in [-0.39, 0.29) is 17.8 Å². The predicted molar refractivity (Wildman–Crippen MR) is 114 cm³/mol. The van der Waals surface area contributed by atoms with Crippen LogP contribution in [0.5, 0.6) is 0 Å². The molecule has 154 valence electrons. The number of halogens is 1. The molecule has 6 heteroatoms. The molecule has 2 aromatic carbocycles. The fraction of sp³-hybridized carbons (Fsp3) is 0.435. The van der Waals surface area contributed by atoms with Crippen molar-refractivity contribution in [3.63, 3.8) is 0 Å². The zero-order valence-corrected chi connectivity index (χ0v) is 17.2.